The number of carbonyl (C=O) groups is 2. The molecule has 9 nitrogen and oxygen atoms in total. The molecule has 2 aromatic rings. The molecule has 37 heavy (non-hydrogen) atoms. The van der Waals surface area contributed by atoms with Gasteiger partial charge in [-0.1, -0.05) is 6.92 Å². The quantitative estimate of drug-likeness (QED) is 0.527. The topological polar surface area (TPSA) is 96.9 Å². The first-order valence-corrected chi connectivity index (χ1v) is 12.5. The Bertz CT molecular complexity index is 1120. The molecule has 0 radical (unpaired) electrons. The second-order valence-electron chi connectivity index (χ2n) is 11.4. The molecule has 3 rings (SSSR count). The SMILES string of the molecule is CC(C)N(C(=O)c1cc(F)ccc1Oc1cncnc1N1CC(C)(CNC(=O)OC(C)(C)C)C1)C(C)C. The molecule has 1 aromatic heterocycles. The first kappa shape index (κ1) is 28.1. The molecule has 0 saturated carbocycles. The number of hydrogen-bond acceptors (Lipinski definition) is 7. The second kappa shape index (κ2) is 10.9. The fourth-order valence-corrected chi connectivity index (χ4v) is 4.44. The fraction of sp³-hybridized carbons (Fsp3) is 0.556. The third-order valence-electron chi connectivity index (χ3n) is 5.90. The van der Waals surface area contributed by atoms with Crippen LogP contribution in [0.2, 0.25) is 0 Å². The van der Waals surface area contributed by atoms with E-state index in [0.717, 1.165) is 0 Å². The number of amides is 2. The van der Waals surface area contributed by atoms with E-state index in [1.807, 2.05) is 53.4 Å². The maximum absolute atomic E-state index is 14.2. The van der Waals surface area contributed by atoms with Crippen molar-refractivity contribution in [1.29, 1.82) is 0 Å². The normalized spacial score (nSPS) is 14.8. The van der Waals surface area contributed by atoms with Crippen molar-refractivity contribution in [3.63, 3.8) is 0 Å². The maximum atomic E-state index is 14.2. The fourth-order valence-electron chi connectivity index (χ4n) is 4.44. The molecule has 0 bridgehead atoms. The number of anilines is 1. The highest BCUT2D eigenvalue weighted by molar-refractivity contribution is 5.97. The van der Waals surface area contributed by atoms with E-state index in [2.05, 4.69) is 22.2 Å². The van der Waals surface area contributed by atoms with Crippen molar-refractivity contribution in [1.82, 2.24) is 20.2 Å². The van der Waals surface area contributed by atoms with Gasteiger partial charge in [0.2, 0.25) is 0 Å². The molecule has 1 aliphatic rings. The zero-order chi connectivity index (χ0) is 27.5. The Hall–Kier alpha value is -3.43. The number of nitrogens with one attached hydrogen (secondary N) is 1. The van der Waals surface area contributed by atoms with Crippen molar-refractivity contribution in [3.8, 4) is 11.5 Å². The van der Waals surface area contributed by atoms with Crippen LogP contribution in [0.5, 0.6) is 11.5 Å². The number of halogens is 1. The van der Waals surface area contributed by atoms with Gasteiger partial charge in [0.1, 0.15) is 23.5 Å². The highest BCUT2D eigenvalue weighted by Gasteiger charge is 2.41. The summed E-state index contributed by atoms with van der Waals surface area (Å²) in [4.78, 5) is 37.6. The number of rotatable bonds is 8. The molecular weight excluding hydrogens is 477 g/mol. The van der Waals surface area contributed by atoms with E-state index in [0.29, 0.717) is 31.2 Å². The van der Waals surface area contributed by atoms with Gasteiger partial charge in [0, 0.05) is 37.1 Å². The van der Waals surface area contributed by atoms with Crippen LogP contribution in [0.4, 0.5) is 15.0 Å². The smallest absolute Gasteiger partial charge is 0.407 e. The number of hydrogen-bond donors (Lipinski definition) is 1. The molecule has 1 N–H and O–H groups in total. The molecule has 1 aromatic carbocycles. The second-order valence-corrected chi connectivity index (χ2v) is 11.4. The van der Waals surface area contributed by atoms with Gasteiger partial charge in [-0.2, -0.15) is 0 Å². The zero-order valence-electron chi connectivity index (χ0n) is 23.0. The average Bonchev–Trinajstić information content (AvgIpc) is 2.76. The summed E-state index contributed by atoms with van der Waals surface area (Å²) in [5.74, 6) is 0.290. The Morgan fingerprint density at radius 1 is 1.16 bits per heavy atom. The summed E-state index contributed by atoms with van der Waals surface area (Å²) in [5, 5.41) is 2.83. The third kappa shape index (κ3) is 7.08. The standard InChI is InChI=1S/C27H38FN5O4/c1-17(2)33(18(3)4)24(34)20-11-19(28)9-10-21(20)36-22-12-29-16-31-23(22)32-14-27(8,15-32)13-30-25(35)37-26(5,6)7/h9-12,16-18H,13-15H2,1-8H3,(H,30,35). The maximum Gasteiger partial charge on any atom is 0.407 e. The van der Waals surface area contributed by atoms with Crippen LogP contribution in [0.3, 0.4) is 0 Å². The van der Waals surface area contributed by atoms with Crippen molar-refractivity contribution >= 4 is 17.8 Å². The summed E-state index contributed by atoms with van der Waals surface area (Å²) < 4.78 is 25.6. The number of nitrogens with zero attached hydrogens (tertiary/aromatic N) is 4. The van der Waals surface area contributed by atoms with Gasteiger partial charge in [0.15, 0.2) is 11.6 Å². The van der Waals surface area contributed by atoms with E-state index in [1.165, 1.54) is 30.7 Å². The van der Waals surface area contributed by atoms with Crippen LogP contribution in [0.1, 0.15) is 65.7 Å². The van der Waals surface area contributed by atoms with Crippen molar-refractivity contribution in [2.45, 2.75) is 73.1 Å². The van der Waals surface area contributed by atoms with Crippen LogP contribution in [-0.2, 0) is 4.74 Å². The molecule has 1 fully saturated rings. The van der Waals surface area contributed by atoms with Crippen LogP contribution in [0, 0.1) is 11.2 Å². The third-order valence-corrected chi connectivity index (χ3v) is 5.90. The molecule has 0 unspecified atom stereocenters. The van der Waals surface area contributed by atoms with E-state index in [4.69, 9.17) is 9.47 Å². The van der Waals surface area contributed by atoms with Gasteiger partial charge < -0.3 is 24.6 Å². The van der Waals surface area contributed by atoms with E-state index in [9.17, 15) is 14.0 Å². The largest absolute Gasteiger partial charge is 0.451 e. The Balaban J connectivity index is 1.77. The minimum absolute atomic E-state index is 0.0766. The van der Waals surface area contributed by atoms with Crippen LogP contribution in [0.15, 0.2) is 30.7 Å². The van der Waals surface area contributed by atoms with Gasteiger partial charge in [-0.25, -0.2) is 19.2 Å². The van der Waals surface area contributed by atoms with Crippen LogP contribution >= 0.6 is 0 Å². The number of aromatic nitrogens is 2. The number of carbonyl (C=O) groups excluding carboxylic acids is 2. The van der Waals surface area contributed by atoms with Gasteiger partial charge >= 0.3 is 6.09 Å². The van der Waals surface area contributed by atoms with Gasteiger partial charge in [-0.05, 0) is 66.7 Å². The minimum atomic E-state index is -0.564. The Morgan fingerprint density at radius 2 is 1.81 bits per heavy atom. The van der Waals surface area contributed by atoms with Gasteiger partial charge in [-0.3, -0.25) is 4.79 Å². The first-order chi connectivity index (χ1) is 17.2. The van der Waals surface area contributed by atoms with E-state index >= 15 is 0 Å². The van der Waals surface area contributed by atoms with E-state index in [-0.39, 0.29) is 34.7 Å². The zero-order valence-corrected chi connectivity index (χ0v) is 23.0. The summed E-state index contributed by atoms with van der Waals surface area (Å²) >= 11 is 0. The predicted molar refractivity (Wildman–Crippen MR) is 140 cm³/mol. The summed E-state index contributed by atoms with van der Waals surface area (Å²) in [5.41, 5.74) is -0.621. The average molecular weight is 516 g/mol. The molecule has 1 aliphatic heterocycles. The van der Waals surface area contributed by atoms with Crippen molar-refractivity contribution < 1.29 is 23.5 Å². The van der Waals surface area contributed by atoms with E-state index < -0.39 is 17.5 Å². The Kier molecular flexibility index (Phi) is 8.29. The minimum Gasteiger partial charge on any atom is -0.451 e. The molecule has 1 saturated heterocycles. The lowest BCUT2D eigenvalue weighted by Gasteiger charge is -2.48. The summed E-state index contributed by atoms with van der Waals surface area (Å²) in [6.07, 6.45) is 2.49. The van der Waals surface area contributed by atoms with Crippen LogP contribution in [-0.4, -0.2) is 64.2 Å². The van der Waals surface area contributed by atoms with Crippen molar-refractivity contribution in [2.24, 2.45) is 5.41 Å². The number of ether oxygens (including phenoxy) is 2. The van der Waals surface area contributed by atoms with Crippen molar-refractivity contribution in [2.75, 3.05) is 24.5 Å². The molecule has 0 spiro atoms. The van der Waals surface area contributed by atoms with E-state index in [1.54, 1.807) is 4.90 Å². The predicted octanol–water partition coefficient (Wildman–Crippen LogP) is 5.02. The summed E-state index contributed by atoms with van der Waals surface area (Å²) in [7, 11) is 0. The van der Waals surface area contributed by atoms with Crippen LogP contribution < -0.4 is 15.0 Å². The molecule has 10 heteroatoms. The Labute approximate surface area is 218 Å². The lowest BCUT2D eigenvalue weighted by molar-refractivity contribution is 0.0493. The summed E-state index contributed by atoms with van der Waals surface area (Å²) in [6.45, 7) is 16.8. The first-order valence-electron chi connectivity index (χ1n) is 12.5. The molecule has 202 valence electrons. The lowest BCUT2D eigenvalue weighted by Crippen LogP contribution is -2.60. The molecule has 2 heterocycles. The lowest BCUT2D eigenvalue weighted by atomic mass is 9.82. The van der Waals surface area contributed by atoms with Crippen molar-refractivity contribution in [3.05, 3.63) is 42.1 Å². The van der Waals surface area contributed by atoms with Gasteiger partial charge in [0.25, 0.3) is 5.91 Å². The summed E-state index contributed by atoms with van der Waals surface area (Å²) in [6, 6.07) is 3.75. The van der Waals surface area contributed by atoms with Crippen LogP contribution in [0.25, 0.3) is 0 Å². The Morgan fingerprint density at radius 3 is 2.41 bits per heavy atom. The highest BCUT2D eigenvalue weighted by atomic mass is 19.1. The van der Waals surface area contributed by atoms with Gasteiger partial charge in [0.05, 0.1) is 11.8 Å². The molecule has 0 atom stereocenters. The highest BCUT2D eigenvalue weighted by Crippen LogP contribution is 2.39. The monoisotopic (exact) mass is 515 g/mol. The number of alkyl carbamates (subject to hydrolysis) is 1. The molecule has 2 amide bonds. The molecular formula is C27H38FN5O4. The number of benzene rings is 1. The van der Waals surface area contributed by atoms with Gasteiger partial charge in [-0.15, -0.1) is 0 Å². The molecule has 0 aliphatic carbocycles.